The highest BCUT2D eigenvalue weighted by molar-refractivity contribution is 6.24. The second-order valence-corrected chi connectivity index (χ2v) is 11.2. The van der Waals surface area contributed by atoms with Crippen LogP contribution >= 0.6 is 0 Å². The Labute approximate surface area is 258 Å². The molecule has 5 heteroatoms. The second-order valence-electron chi connectivity index (χ2n) is 11.2. The summed E-state index contributed by atoms with van der Waals surface area (Å²) in [6.07, 6.45) is 6.31. The van der Waals surface area contributed by atoms with Crippen molar-refractivity contribution in [3.63, 3.8) is 0 Å². The molecule has 0 atom stereocenters. The molecule has 0 radical (unpaired) electrons. The highest BCUT2D eigenvalue weighted by Gasteiger charge is 2.19. The van der Waals surface area contributed by atoms with Gasteiger partial charge in [-0.1, -0.05) is 91.0 Å². The van der Waals surface area contributed by atoms with E-state index in [4.69, 9.17) is 8.83 Å². The first-order chi connectivity index (χ1) is 22.3. The average Bonchev–Trinajstić information content (AvgIpc) is 3.90. The molecule has 0 amide bonds. The Morgan fingerprint density at radius 3 is 1.78 bits per heavy atom. The van der Waals surface area contributed by atoms with Crippen LogP contribution in [0.3, 0.4) is 0 Å². The van der Waals surface area contributed by atoms with Crippen LogP contribution in [-0.4, -0.2) is 14.5 Å². The van der Waals surface area contributed by atoms with Crippen LogP contribution < -0.4 is 0 Å². The van der Waals surface area contributed by atoms with Gasteiger partial charge in [-0.15, -0.1) is 0 Å². The van der Waals surface area contributed by atoms with Gasteiger partial charge >= 0.3 is 0 Å². The Bertz CT molecular complexity index is 2470. The van der Waals surface area contributed by atoms with Crippen molar-refractivity contribution in [1.29, 1.82) is 0 Å². The molecule has 9 rings (SSSR count). The van der Waals surface area contributed by atoms with E-state index in [0.29, 0.717) is 0 Å². The topological polar surface area (TPSA) is 57.0 Å². The number of hydrogen-bond donors (Lipinski definition) is 0. The zero-order valence-corrected chi connectivity index (χ0v) is 24.1. The second kappa shape index (κ2) is 10.2. The Morgan fingerprint density at radius 2 is 1.07 bits per heavy atom. The summed E-state index contributed by atoms with van der Waals surface area (Å²) >= 11 is 0. The number of oxazole rings is 2. The highest BCUT2D eigenvalue weighted by Crippen LogP contribution is 2.43. The largest absolute Gasteiger partial charge is 0.451 e. The average molecular weight is 580 g/mol. The zero-order valence-electron chi connectivity index (χ0n) is 24.1. The standard InChI is InChI=1S/C40H25N3O2/c1-2-12-31(13-3-1)43-38-20-27(26-8-6-10-29(18-26)36-22-44-24-41-36)16-17-34(38)40-33-15-5-4-14-32(33)35(21-39(40)43)28-9-7-11-30(19-28)37-23-45-25-42-37/h1-25H. The summed E-state index contributed by atoms with van der Waals surface area (Å²) < 4.78 is 12.9. The monoisotopic (exact) mass is 579 g/mol. The maximum atomic E-state index is 5.29. The van der Waals surface area contributed by atoms with Crippen molar-refractivity contribution in [3.05, 3.63) is 153 Å². The van der Waals surface area contributed by atoms with E-state index in [-0.39, 0.29) is 0 Å². The molecular weight excluding hydrogens is 554 g/mol. The molecule has 9 aromatic rings. The molecule has 0 aliphatic rings. The highest BCUT2D eigenvalue weighted by atomic mass is 16.3. The first-order valence-corrected chi connectivity index (χ1v) is 14.9. The van der Waals surface area contributed by atoms with Crippen LogP contribution in [0.5, 0.6) is 0 Å². The Morgan fingerprint density at radius 1 is 0.444 bits per heavy atom. The molecule has 0 saturated carbocycles. The van der Waals surface area contributed by atoms with Crippen LogP contribution in [0.4, 0.5) is 0 Å². The van der Waals surface area contributed by atoms with E-state index in [9.17, 15) is 0 Å². The SMILES string of the molecule is c1ccc(-n2c3cc(-c4cccc(-c5cocn5)c4)ccc3c3c4ccccc4c(-c4cccc(-c5cocn5)c4)cc32)cc1. The van der Waals surface area contributed by atoms with Gasteiger partial charge in [0.1, 0.15) is 23.9 Å². The van der Waals surface area contributed by atoms with Crippen LogP contribution in [0.15, 0.2) is 162 Å². The third-order valence-electron chi connectivity index (χ3n) is 8.61. The molecule has 45 heavy (non-hydrogen) atoms. The summed E-state index contributed by atoms with van der Waals surface area (Å²) in [4.78, 5) is 8.75. The minimum absolute atomic E-state index is 0.820. The normalized spacial score (nSPS) is 11.6. The number of nitrogens with zero attached hydrogens (tertiary/aromatic N) is 3. The van der Waals surface area contributed by atoms with Gasteiger partial charge in [-0.3, -0.25) is 0 Å². The summed E-state index contributed by atoms with van der Waals surface area (Å²) in [5, 5.41) is 4.88. The molecule has 0 N–H and O–H groups in total. The molecule has 0 bridgehead atoms. The third-order valence-corrected chi connectivity index (χ3v) is 8.61. The van der Waals surface area contributed by atoms with E-state index in [0.717, 1.165) is 55.9 Å². The van der Waals surface area contributed by atoms with Crippen molar-refractivity contribution < 1.29 is 8.83 Å². The predicted molar refractivity (Wildman–Crippen MR) is 180 cm³/mol. The summed E-state index contributed by atoms with van der Waals surface area (Å²) in [6, 6.07) is 45.5. The van der Waals surface area contributed by atoms with Crippen molar-refractivity contribution in [2.75, 3.05) is 0 Å². The molecule has 6 aromatic carbocycles. The number of para-hydroxylation sites is 1. The lowest BCUT2D eigenvalue weighted by atomic mass is 9.93. The fourth-order valence-corrected chi connectivity index (χ4v) is 6.57. The molecule has 0 unspecified atom stereocenters. The van der Waals surface area contributed by atoms with E-state index in [1.54, 1.807) is 12.5 Å². The first kappa shape index (κ1) is 25.3. The van der Waals surface area contributed by atoms with Gasteiger partial charge in [0.05, 0.1) is 11.0 Å². The molecule has 0 fully saturated rings. The Balaban J connectivity index is 1.34. The van der Waals surface area contributed by atoms with Crippen LogP contribution in [0.2, 0.25) is 0 Å². The van der Waals surface area contributed by atoms with Crippen LogP contribution in [-0.2, 0) is 0 Å². The third kappa shape index (κ3) is 4.17. The Hall–Kier alpha value is -6.20. The fraction of sp³-hybridized carbons (Fsp3) is 0. The van der Waals surface area contributed by atoms with Gasteiger partial charge in [0.15, 0.2) is 12.8 Å². The summed E-state index contributed by atoms with van der Waals surface area (Å²) in [5.74, 6) is 0. The maximum absolute atomic E-state index is 5.29. The lowest BCUT2D eigenvalue weighted by molar-refractivity contribution is 0.558. The molecule has 212 valence electrons. The van der Waals surface area contributed by atoms with Crippen LogP contribution in [0, 0.1) is 0 Å². The van der Waals surface area contributed by atoms with Gasteiger partial charge in [-0.05, 0) is 69.4 Å². The van der Waals surface area contributed by atoms with E-state index in [1.807, 2.05) is 0 Å². The lowest BCUT2D eigenvalue weighted by Crippen LogP contribution is -1.94. The fourth-order valence-electron chi connectivity index (χ4n) is 6.57. The number of benzene rings is 6. The zero-order chi connectivity index (χ0) is 29.7. The number of aromatic nitrogens is 3. The summed E-state index contributed by atoms with van der Waals surface area (Å²) in [6.45, 7) is 0. The van der Waals surface area contributed by atoms with Crippen molar-refractivity contribution in [3.8, 4) is 50.5 Å². The minimum atomic E-state index is 0.820. The molecule has 3 heterocycles. The molecule has 0 aliphatic heterocycles. The summed E-state index contributed by atoms with van der Waals surface area (Å²) in [7, 11) is 0. The van der Waals surface area contributed by atoms with Gasteiger partial charge in [0.25, 0.3) is 0 Å². The van der Waals surface area contributed by atoms with E-state index >= 15 is 0 Å². The van der Waals surface area contributed by atoms with Crippen molar-refractivity contribution in [2.45, 2.75) is 0 Å². The van der Waals surface area contributed by atoms with Crippen LogP contribution in [0.1, 0.15) is 0 Å². The molecule has 0 saturated heterocycles. The van der Waals surface area contributed by atoms with Gasteiger partial charge in [-0.2, -0.15) is 0 Å². The van der Waals surface area contributed by atoms with Gasteiger partial charge in [-0.25, -0.2) is 9.97 Å². The number of fused-ring (bicyclic) bond motifs is 5. The van der Waals surface area contributed by atoms with Gasteiger partial charge < -0.3 is 13.4 Å². The molecule has 3 aromatic heterocycles. The van der Waals surface area contributed by atoms with E-state index in [2.05, 4.69) is 142 Å². The summed E-state index contributed by atoms with van der Waals surface area (Å²) in [5.41, 5.74) is 11.7. The first-order valence-electron chi connectivity index (χ1n) is 14.9. The van der Waals surface area contributed by atoms with E-state index in [1.165, 1.54) is 39.9 Å². The maximum Gasteiger partial charge on any atom is 0.181 e. The quantitative estimate of drug-likeness (QED) is 0.204. The van der Waals surface area contributed by atoms with Crippen molar-refractivity contribution in [1.82, 2.24) is 14.5 Å². The van der Waals surface area contributed by atoms with Crippen molar-refractivity contribution in [2.24, 2.45) is 0 Å². The smallest absolute Gasteiger partial charge is 0.181 e. The number of hydrogen-bond acceptors (Lipinski definition) is 4. The number of rotatable bonds is 5. The van der Waals surface area contributed by atoms with Gasteiger partial charge in [0, 0.05) is 27.6 Å². The van der Waals surface area contributed by atoms with Crippen LogP contribution in [0.25, 0.3) is 83.0 Å². The minimum Gasteiger partial charge on any atom is -0.451 e. The van der Waals surface area contributed by atoms with Gasteiger partial charge in [0.2, 0.25) is 0 Å². The molecule has 5 nitrogen and oxygen atoms in total. The van der Waals surface area contributed by atoms with E-state index < -0.39 is 0 Å². The lowest BCUT2D eigenvalue weighted by Gasteiger charge is -2.13. The molecule has 0 spiro atoms. The molecular formula is C40H25N3O2. The predicted octanol–water partition coefficient (Wildman–Crippen LogP) is 10.6. The Kier molecular flexibility index (Phi) is 5.74. The van der Waals surface area contributed by atoms with Crippen molar-refractivity contribution >= 4 is 32.6 Å². The molecule has 0 aliphatic carbocycles.